The highest BCUT2D eigenvalue weighted by Gasteiger charge is 2.09. The van der Waals surface area contributed by atoms with Crippen LogP contribution in [-0.2, 0) is 32.6 Å². The number of hydrogen-bond donors (Lipinski definition) is 2. The van der Waals surface area contributed by atoms with E-state index in [9.17, 15) is 9.59 Å². The second-order valence-corrected chi connectivity index (χ2v) is 9.32. The van der Waals surface area contributed by atoms with Crippen LogP contribution in [0.3, 0.4) is 0 Å². The van der Waals surface area contributed by atoms with Gasteiger partial charge < -0.3 is 0 Å². The van der Waals surface area contributed by atoms with E-state index in [2.05, 4.69) is 61.7 Å². The fraction of sp³-hybridized carbons (Fsp3) is 0.364. The summed E-state index contributed by atoms with van der Waals surface area (Å²) in [6.45, 7) is 0. The van der Waals surface area contributed by atoms with Crippen molar-refractivity contribution in [3.63, 3.8) is 0 Å². The SMILES string of the molecule is O=C(CCl)CCl.O=C1CSCc2ccccc2CSC1.SCc1ccccc1CS. The molecule has 0 saturated carbocycles. The summed E-state index contributed by atoms with van der Waals surface area (Å²) in [4.78, 5) is 21.2. The standard InChI is InChI=1S/C11H12OS2.C8H10S2.C3H4Cl2O/c12-11-7-13-5-9-3-1-2-4-10(9)6-14-8-11;9-5-7-3-1-2-4-8(7)6-10;4-1-3(6)2-5/h1-4H,5-8H2;1-4,9-10H,5-6H2;1-2H2. The van der Waals surface area contributed by atoms with Crippen molar-refractivity contribution in [1.29, 1.82) is 0 Å². The van der Waals surface area contributed by atoms with E-state index in [-0.39, 0.29) is 17.5 Å². The lowest BCUT2D eigenvalue weighted by Gasteiger charge is -2.05. The zero-order valence-corrected chi connectivity index (χ0v) is 21.5. The maximum absolute atomic E-state index is 11.3. The van der Waals surface area contributed by atoms with Gasteiger partial charge in [-0.1, -0.05) is 48.5 Å². The molecule has 164 valence electrons. The monoisotopic (exact) mass is 520 g/mol. The fourth-order valence-corrected chi connectivity index (χ4v) is 5.23. The molecule has 0 atom stereocenters. The molecule has 0 saturated heterocycles. The van der Waals surface area contributed by atoms with Gasteiger partial charge >= 0.3 is 0 Å². The first-order valence-corrected chi connectivity index (χ1v) is 13.9. The third kappa shape index (κ3) is 11.4. The quantitative estimate of drug-likeness (QED) is 0.365. The number of carbonyl (C=O) groups is 2. The Morgan fingerprint density at radius 3 is 1.50 bits per heavy atom. The summed E-state index contributed by atoms with van der Waals surface area (Å²) >= 11 is 21.9. The van der Waals surface area contributed by atoms with Crippen LogP contribution in [0, 0.1) is 0 Å². The van der Waals surface area contributed by atoms with Gasteiger partial charge in [0.25, 0.3) is 0 Å². The Labute approximate surface area is 209 Å². The van der Waals surface area contributed by atoms with E-state index in [0.717, 1.165) is 23.0 Å². The Kier molecular flexibility index (Phi) is 16.1. The number of benzene rings is 2. The van der Waals surface area contributed by atoms with Crippen molar-refractivity contribution in [2.45, 2.75) is 23.0 Å². The molecule has 1 aliphatic heterocycles. The number of ketones is 2. The number of alkyl halides is 2. The third-order valence-corrected chi connectivity index (χ3v) is 7.28. The number of carbonyl (C=O) groups excluding carboxylic acids is 2. The molecule has 30 heavy (non-hydrogen) atoms. The Bertz CT molecular complexity index is 727. The van der Waals surface area contributed by atoms with Gasteiger partial charge in [-0.15, -0.1) is 46.7 Å². The molecule has 1 heterocycles. The number of halogens is 2. The van der Waals surface area contributed by atoms with Gasteiger partial charge in [-0.25, -0.2) is 0 Å². The predicted octanol–water partition coefficient (Wildman–Crippen LogP) is 6.32. The summed E-state index contributed by atoms with van der Waals surface area (Å²) in [5, 5.41) is 0. The van der Waals surface area contributed by atoms with Gasteiger partial charge in [0, 0.05) is 23.0 Å². The maximum atomic E-state index is 11.3. The van der Waals surface area contributed by atoms with Crippen molar-refractivity contribution in [1.82, 2.24) is 0 Å². The van der Waals surface area contributed by atoms with Crippen molar-refractivity contribution >= 4 is 83.5 Å². The van der Waals surface area contributed by atoms with Crippen molar-refractivity contribution in [2.75, 3.05) is 23.3 Å². The van der Waals surface area contributed by atoms with E-state index >= 15 is 0 Å². The Morgan fingerprint density at radius 2 is 1.17 bits per heavy atom. The highest BCUT2D eigenvalue weighted by atomic mass is 35.5. The number of thiol groups is 2. The Hall–Kier alpha value is -0.240. The number of rotatable bonds is 4. The lowest BCUT2D eigenvalue weighted by atomic mass is 10.1. The average Bonchev–Trinajstić information content (AvgIpc) is 2.89. The second-order valence-electron chi connectivity index (χ2n) is 6.18. The molecule has 2 aromatic rings. The molecular formula is C22H26Cl2O2S4. The zero-order chi connectivity index (χ0) is 22.2. The van der Waals surface area contributed by atoms with E-state index < -0.39 is 0 Å². The summed E-state index contributed by atoms with van der Waals surface area (Å²) in [6, 6.07) is 16.7. The van der Waals surface area contributed by atoms with Gasteiger partial charge in [0.1, 0.15) is 0 Å². The lowest BCUT2D eigenvalue weighted by Crippen LogP contribution is -2.03. The molecule has 0 aliphatic carbocycles. The lowest BCUT2D eigenvalue weighted by molar-refractivity contribution is -0.115. The molecule has 0 amide bonds. The summed E-state index contributed by atoms with van der Waals surface area (Å²) in [5.41, 5.74) is 5.33. The average molecular weight is 522 g/mol. The van der Waals surface area contributed by atoms with Crippen LogP contribution in [0.2, 0.25) is 0 Å². The summed E-state index contributed by atoms with van der Waals surface area (Å²) in [7, 11) is 0. The smallest absolute Gasteiger partial charge is 0.162 e. The molecule has 8 heteroatoms. The van der Waals surface area contributed by atoms with Gasteiger partial charge in [-0.05, 0) is 22.3 Å². The van der Waals surface area contributed by atoms with Gasteiger partial charge in [-0.3, -0.25) is 9.59 Å². The van der Waals surface area contributed by atoms with E-state index in [0.29, 0.717) is 17.3 Å². The van der Waals surface area contributed by atoms with Crippen molar-refractivity contribution in [2.24, 2.45) is 0 Å². The first-order valence-electron chi connectivity index (χ1n) is 9.21. The first kappa shape index (κ1) is 27.8. The van der Waals surface area contributed by atoms with Crippen LogP contribution in [0.1, 0.15) is 22.3 Å². The second kappa shape index (κ2) is 17.3. The summed E-state index contributed by atoms with van der Waals surface area (Å²) in [5.74, 6) is 5.19. The van der Waals surface area contributed by atoms with Gasteiger partial charge in [-0.2, -0.15) is 25.3 Å². The molecule has 0 fully saturated rings. The third-order valence-electron chi connectivity index (χ3n) is 3.92. The molecule has 0 N–H and O–H groups in total. The zero-order valence-electron chi connectivity index (χ0n) is 16.6. The number of Topliss-reactive ketones (excluding diaryl/α,β-unsaturated/α-hetero) is 2. The van der Waals surface area contributed by atoms with Crippen LogP contribution in [-0.4, -0.2) is 34.8 Å². The Balaban J connectivity index is 0.000000247. The van der Waals surface area contributed by atoms with E-state index in [1.807, 2.05) is 12.1 Å². The molecule has 0 spiro atoms. The van der Waals surface area contributed by atoms with Crippen LogP contribution in [0.15, 0.2) is 48.5 Å². The molecule has 3 rings (SSSR count). The molecule has 0 bridgehead atoms. The van der Waals surface area contributed by atoms with Gasteiger partial charge in [0.05, 0.1) is 23.3 Å². The van der Waals surface area contributed by atoms with Crippen LogP contribution >= 0.6 is 72.0 Å². The van der Waals surface area contributed by atoms with Crippen LogP contribution < -0.4 is 0 Å². The van der Waals surface area contributed by atoms with Gasteiger partial charge in [0.15, 0.2) is 11.6 Å². The molecule has 0 aromatic heterocycles. The summed E-state index contributed by atoms with van der Waals surface area (Å²) < 4.78 is 0. The largest absolute Gasteiger partial charge is 0.298 e. The molecule has 2 nitrogen and oxygen atoms in total. The highest BCUT2D eigenvalue weighted by molar-refractivity contribution is 8.00. The highest BCUT2D eigenvalue weighted by Crippen LogP contribution is 2.23. The van der Waals surface area contributed by atoms with Crippen molar-refractivity contribution < 1.29 is 9.59 Å². The van der Waals surface area contributed by atoms with Crippen LogP contribution in [0.5, 0.6) is 0 Å². The fourth-order valence-electron chi connectivity index (χ4n) is 2.33. The minimum absolute atomic E-state index is 0.0312. The molecule has 0 unspecified atom stereocenters. The number of thioether (sulfide) groups is 2. The normalized spacial score (nSPS) is 13.3. The predicted molar refractivity (Wildman–Crippen MR) is 142 cm³/mol. The number of hydrogen-bond acceptors (Lipinski definition) is 6. The topological polar surface area (TPSA) is 34.1 Å². The molecule has 1 aliphatic rings. The van der Waals surface area contributed by atoms with Crippen molar-refractivity contribution in [3.8, 4) is 0 Å². The molecule has 0 radical (unpaired) electrons. The van der Waals surface area contributed by atoms with E-state index in [1.165, 1.54) is 22.3 Å². The Morgan fingerprint density at radius 1 is 0.767 bits per heavy atom. The minimum atomic E-state index is -0.127. The minimum Gasteiger partial charge on any atom is -0.298 e. The van der Waals surface area contributed by atoms with Gasteiger partial charge in [0.2, 0.25) is 0 Å². The maximum Gasteiger partial charge on any atom is 0.162 e. The molecule has 2 aromatic carbocycles. The van der Waals surface area contributed by atoms with Crippen molar-refractivity contribution in [3.05, 3.63) is 70.8 Å². The number of fused-ring (bicyclic) bond motifs is 1. The first-order chi connectivity index (χ1) is 14.5. The van der Waals surface area contributed by atoms with E-state index in [1.54, 1.807) is 23.5 Å². The van der Waals surface area contributed by atoms with Crippen LogP contribution in [0.4, 0.5) is 0 Å². The molecular weight excluding hydrogens is 495 g/mol. The van der Waals surface area contributed by atoms with Crippen LogP contribution in [0.25, 0.3) is 0 Å². The summed E-state index contributed by atoms with van der Waals surface area (Å²) in [6.07, 6.45) is 0. The van der Waals surface area contributed by atoms with E-state index in [4.69, 9.17) is 23.2 Å².